The SMILES string of the molecule is Cc1ccc(NCc2cnc3n2CCN(c2ncccn2)CC3)nn1. The van der Waals surface area contributed by atoms with Gasteiger partial charge in [-0.2, -0.15) is 5.10 Å². The van der Waals surface area contributed by atoms with Gasteiger partial charge in [-0.25, -0.2) is 15.0 Å². The molecule has 1 N–H and O–H groups in total. The third-order valence-corrected chi connectivity index (χ3v) is 4.30. The summed E-state index contributed by atoms with van der Waals surface area (Å²) in [5.74, 6) is 2.65. The van der Waals surface area contributed by atoms with Crippen molar-refractivity contribution >= 4 is 11.8 Å². The number of aromatic nitrogens is 6. The normalized spacial score (nSPS) is 14.0. The van der Waals surface area contributed by atoms with Gasteiger partial charge in [0.2, 0.25) is 5.95 Å². The maximum absolute atomic E-state index is 4.59. The van der Waals surface area contributed by atoms with E-state index in [9.17, 15) is 0 Å². The monoisotopic (exact) mass is 336 g/mol. The second-order valence-corrected chi connectivity index (χ2v) is 6.02. The molecule has 0 unspecified atom stereocenters. The molecular weight excluding hydrogens is 316 g/mol. The highest BCUT2D eigenvalue weighted by atomic mass is 15.3. The van der Waals surface area contributed by atoms with Crippen LogP contribution in [0.25, 0.3) is 0 Å². The van der Waals surface area contributed by atoms with Crippen molar-refractivity contribution in [2.75, 3.05) is 23.3 Å². The number of hydrogen-bond donors (Lipinski definition) is 1. The van der Waals surface area contributed by atoms with Gasteiger partial charge in [-0.3, -0.25) is 0 Å². The molecule has 3 aromatic rings. The van der Waals surface area contributed by atoms with Crippen LogP contribution in [-0.2, 0) is 19.5 Å². The predicted molar refractivity (Wildman–Crippen MR) is 94.3 cm³/mol. The molecule has 0 aliphatic carbocycles. The Morgan fingerprint density at radius 3 is 2.72 bits per heavy atom. The number of hydrogen-bond acceptors (Lipinski definition) is 7. The van der Waals surface area contributed by atoms with Crippen molar-refractivity contribution in [1.29, 1.82) is 0 Å². The summed E-state index contributed by atoms with van der Waals surface area (Å²) in [5.41, 5.74) is 2.06. The summed E-state index contributed by atoms with van der Waals surface area (Å²) in [5, 5.41) is 11.5. The minimum Gasteiger partial charge on any atom is -0.363 e. The van der Waals surface area contributed by atoms with Gasteiger partial charge in [-0.05, 0) is 25.1 Å². The lowest BCUT2D eigenvalue weighted by Crippen LogP contribution is -2.28. The van der Waals surface area contributed by atoms with Crippen LogP contribution in [0.3, 0.4) is 0 Å². The highest BCUT2D eigenvalue weighted by molar-refractivity contribution is 5.34. The lowest BCUT2D eigenvalue weighted by Gasteiger charge is -2.19. The molecule has 0 saturated heterocycles. The third kappa shape index (κ3) is 3.42. The largest absolute Gasteiger partial charge is 0.363 e. The van der Waals surface area contributed by atoms with Gasteiger partial charge >= 0.3 is 0 Å². The number of imidazole rings is 1. The van der Waals surface area contributed by atoms with Crippen molar-refractivity contribution in [1.82, 2.24) is 29.7 Å². The lowest BCUT2D eigenvalue weighted by molar-refractivity contribution is 0.655. The fourth-order valence-electron chi connectivity index (χ4n) is 2.96. The average Bonchev–Trinajstić information content (AvgIpc) is 2.91. The Hall–Kier alpha value is -3.03. The summed E-state index contributed by atoms with van der Waals surface area (Å²) in [6.07, 6.45) is 6.38. The van der Waals surface area contributed by atoms with E-state index >= 15 is 0 Å². The first-order valence-electron chi connectivity index (χ1n) is 8.39. The molecule has 8 nitrogen and oxygen atoms in total. The maximum atomic E-state index is 4.59. The van der Waals surface area contributed by atoms with Gasteiger partial charge in [0.1, 0.15) is 11.6 Å². The van der Waals surface area contributed by atoms with E-state index in [1.165, 1.54) is 0 Å². The molecule has 3 aromatic heterocycles. The van der Waals surface area contributed by atoms with Crippen molar-refractivity contribution in [3.05, 3.63) is 54.0 Å². The second-order valence-electron chi connectivity index (χ2n) is 6.02. The maximum Gasteiger partial charge on any atom is 0.225 e. The zero-order valence-corrected chi connectivity index (χ0v) is 14.1. The molecule has 4 heterocycles. The van der Waals surface area contributed by atoms with E-state index in [1.807, 2.05) is 31.3 Å². The molecule has 0 saturated carbocycles. The lowest BCUT2D eigenvalue weighted by atomic mass is 10.4. The molecule has 0 aromatic carbocycles. The first-order valence-corrected chi connectivity index (χ1v) is 8.39. The second kappa shape index (κ2) is 6.84. The van der Waals surface area contributed by atoms with Crippen LogP contribution >= 0.6 is 0 Å². The molecule has 8 heteroatoms. The quantitative estimate of drug-likeness (QED) is 0.772. The van der Waals surface area contributed by atoms with Crippen LogP contribution in [0.4, 0.5) is 11.8 Å². The van der Waals surface area contributed by atoms with Gasteiger partial charge in [0.05, 0.1) is 24.1 Å². The molecule has 0 spiro atoms. The topological polar surface area (TPSA) is 84.7 Å². The van der Waals surface area contributed by atoms with Gasteiger partial charge in [-0.1, -0.05) is 0 Å². The number of anilines is 2. The summed E-state index contributed by atoms with van der Waals surface area (Å²) in [4.78, 5) is 15.5. The molecule has 1 aliphatic rings. The molecule has 0 amide bonds. The molecule has 0 atom stereocenters. The van der Waals surface area contributed by atoms with Crippen molar-refractivity contribution in [3.63, 3.8) is 0 Å². The summed E-state index contributed by atoms with van der Waals surface area (Å²) < 4.78 is 2.28. The van der Waals surface area contributed by atoms with E-state index in [4.69, 9.17) is 0 Å². The summed E-state index contributed by atoms with van der Waals surface area (Å²) in [6, 6.07) is 5.73. The standard InChI is InChI=1S/C17H20N8/c1-13-3-4-15(23-22-13)20-11-14-12-21-16-5-8-24(9-10-25(14)16)17-18-6-2-7-19-17/h2-4,6-7,12H,5,8-11H2,1H3,(H,20,23). The van der Waals surface area contributed by atoms with Crippen molar-refractivity contribution in [3.8, 4) is 0 Å². The Balaban J connectivity index is 1.44. The van der Waals surface area contributed by atoms with E-state index in [0.717, 1.165) is 55.0 Å². The Morgan fingerprint density at radius 2 is 1.92 bits per heavy atom. The molecule has 0 radical (unpaired) electrons. The number of nitrogens with zero attached hydrogens (tertiary/aromatic N) is 7. The van der Waals surface area contributed by atoms with E-state index < -0.39 is 0 Å². The van der Waals surface area contributed by atoms with E-state index in [0.29, 0.717) is 6.54 Å². The Morgan fingerprint density at radius 1 is 1.04 bits per heavy atom. The minimum atomic E-state index is 0.673. The van der Waals surface area contributed by atoms with Crippen molar-refractivity contribution in [2.45, 2.75) is 26.4 Å². The van der Waals surface area contributed by atoms with E-state index in [-0.39, 0.29) is 0 Å². The van der Waals surface area contributed by atoms with Gasteiger partial charge in [0.25, 0.3) is 0 Å². The first-order chi connectivity index (χ1) is 12.3. The smallest absolute Gasteiger partial charge is 0.225 e. The summed E-state index contributed by atoms with van der Waals surface area (Å²) >= 11 is 0. The number of nitrogens with one attached hydrogen (secondary N) is 1. The molecular formula is C17H20N8. The molecule has 0 fully saturated rings. The van der Waals surface area contributed by atoms with Gasteiger partial charge in [0.15, 0.2) is 0 Å². The van der Waals surface area contributed by atoms with Crippen molar-refractivity contribution < 1.29 is 0 Å². The van der Waals surface area contributed by atoms with Crippen LogP contribution in [0.1, 0.15) is 17.2 Å². The summed E-state index contributed by atoms with van der Waals surface area (Å²) in [6.45, 7) is 5.20. The fraction of sp³-hybridized carbons (Fsp3) is 0.353. The molecule has 25 heavy (non-hydrogen) atoms. The van der Waals surface area contributed by atoms with Crippen LogP contribution < -0.4 is 10.2 Å². The minimum absolute atomic E-state index is 0.673. The van der Waals surface area contributed by atoms with Gasteiger partial charge in [0, 0.05) is 38.4 Å². The summed E-state index contributed by atoms with van der Waals surface area (Å²) in [7, 11) is 0. The molecule has 0 bridgehead atoms. The van der Waals surface area contributed by atoms with E-state index in [1.54, 1.807) is 12.4 Å². The highest BCUT2D eigenvalue weighted by Gasteiger charge is 2.18. The fourth-order valence-corrected chi connectivity index (χ4v) is 2.96. The molecule has 1 aliphatic heterocycles. The number of fused-ring (bicyclic) bond motifs is 1. The van der Waals surface area contributed by atoms with Crippen LogP contribution in [0, 0.1) is 6.92 Å². The number of aryl methyl sites for hydroxylation is 1. The van der Waals surface area contributed by atoms with E-state index in [2.05, 4.69) is 39.9 Å². The Labute approximate surface area is 146 Å². The van der Waals surface area contributed by atoms with Crippen LogP contribution in [0.5, 0.6) is 0 Å². The molecule has 4 rings (SSSR count). The Kier molecular flexibility index (Phi) is 4.24. The van der Waals surface area contributed by atoms with Crippen molar-refractivity contribution in [2.24, 2.45) is 0 Å². The van der Waals surface area contributed by atoms with Crippen LogP contribution in [0.2, 0.25) is 0 Å². The highest BCUT2D eigenvalue weighted by Crippen LogP contribution is 2.15. The zero-order valence-electron chi connectivity index (χ0n) is 14.1. The predicted octanol–water partition coefficient (Wildman–Crippen LogP) is 1.45. The third-order valence-electron chi connectivity index (χ3n) is 4.30. The van der Waals surface area contributed by atoms with Gasteiger partial charge in [-0.15, -0.1) is 5.10 Å². The van der Waals surface area contributed by atoms with Crippen LogP contribution in [0.15, 0.2) is 36.8 Å². The van der Waals surface area contributed by atoms with Crippen LogP contribution in [-0.4, -0.2) is 42.8 Å². The average molecular weight is 336 g/mol. The first kappa shape index (κ1) is 15.5. The Bertz CT molecular complexity index is 828. The number of rotatable bonds is 4. The molecule has 128 valence electrons. The van der Waals surface area contributed by atoms with Gasteiger partial charge < -0.3 is 14.8 Å². The zero-order chi connectivity index (χ0) is 17.1.